The Morgan fingerprint density at radius 2 is 1.96 bits per heavy atom. The predicted molar refractivity (Wildman–Crippen MR) is 91.9 cm³/mol. The molecule has 0 radical (unpaired) electrons. The van der Waals surface area contributed by atoms with Crippen LogP contribution in [-0.4, -0.2) is 28.9 Å². The molecule has 1 aromatic heterocycles. The minimum absolute atomic E-state index is 0.132. The highest BCUT2D eigenvalue weighted by Gasteiger charge is 2.26. The van der Waals surface area contributed by atoms with Crippen molar-refractivity contribution in [2.75, 3.05) is 0 Å². The van der Waals surface area contributed by atoms with E-state index >= 15 is 0 Å². The van der Waals surface area contributed by atoms with E-state index in [0.717, 1.165) is 30.6 Å². The predicted octanol–water partition coefficient (Wildman–Crippen LogP) is 2.54. The lowest BCUT2D eigenvalue weighted by molar-refractivity contribution is -0.139. The van der Waals surface area contributed by atoms with Crippen molar-refractivity contribution in [3.05, 3.63) is 21.9 Å². The number of amides is 2. The summed E-state index contributed by atoms with van der Waals surface area (Å²) in [5.74, 6) is -1.10. The monoisotopic (exact) mass is 352 g/mol. The van der Waals surface area contributed by atoms with Gasteiger partial charge < -0.3 is 15.7 Å². The number of carbonyl (C=O) groups excluding carboxylic acids is 2. The third-order valence-corrected chi connectivity index (χ3v) is 5.38. The van der Waals surface area contributed by atoms with Crippen LogP contribution in [0.4, 0.5) is 0 Å². The molecular weight excluding hydrogens is 328 g/mol. The van der Waals surface area contributed by atoms with Gasteiger partial charge in [0.1, 0.15) is 6.04 Å². The maximum atomic E-state index is 12.3. The fourth-order valence-corrected chi connectivity index (χ4v) is 3.86. The van der Waals surface area contributed by atoms with Crippen LogP contribution < -0.4 is 10.6 Å². The Kier molecular flexibility index (Phi) is 6.78. The third kappa shape index (κ3) is 5.63. The number of carboxylic acid groups (broad SMARTS) is 1. The van der Waals surface area contributed by atoms with Crippen molar-refractivity contribution >= 4 is 29.1 Å². The summed E-state index contributed by atoms with van der Waals surface area (Å²) >= 11 is 1.26. The van der Waals surface area contributed by atoms with E-state index in [4.69, 9.17) is 0 Å². The molecule has 1 saturated carbocycles. The standard InChI is InChI=1S/C17H24N2O4S/c1-11(20)18-10-13-7-8-15(24-13)16(21)19-14(17(22)23)9-12-5-3-2-4-6-12/h7-8,12,14H,2-6,9-10H2,1H3,(H,18,20)(H,19,21)(H,22,23). The molecule has 0 bridgehead atoms. The van der Waals surface area contributed by atoms with E-state index in [1.165, 1.54) is 24.7 Å². The highest BCUT2D eigenvalue weighted by molar-refractivity contribution is 7.14. The number of thiophene rings is 1. The number of nitrogens with one attached hydrogen (secondary N) is 2. The lowest BCUT2D eigenvalue weighted by Crippen LogP contribution is -2.42. The molecule has 2 rings (SSSR count). The van der Waals surface area contributed by atoms with Crippen LogP contribution in [0.1, 0.15) is 60.0 Å². The first kappa shape index (κ1) is 18.4. The number of hydrogen-bond acceptors (Lipinski definition) is 4. The van der Waals surface area contributed by atoms with Crippen LogP contribution in [0, 0.1) is 5.92 Å². The molecular formula is C17H24N2O4S. The van der Waals surface area contributed by atoms with Crippen LogP contribution in [0.3, 0.4) is 0 Å². The molecule has 1 atom stereocenters. The molecule has 7 heteroatoms. The Morgan fingerprint density at radius 1 is 1.25 bits per heavy atom. The molecule has 3 N–H and O–H groups in total. The summed E-state index contributed by atoms with van der Waals surface area (Å²) in [6.07, 6.45) is 6.07. The van der Waals surface area contributed by atoms with Crippen LogP contribution in [-0.2, 0) is 16.1 Å². The molecule has 0 aliphatic heterocycles. The largest absolute Gasteiger partial charge is 0.480 e. The highest BCUT2D eigenvalue weighted by atomic mass is 32.1. The van der Waals surface area contributed by atoms with Crippen LogP contribution in [0.25, 0.3) is 0 Å². The first-order chi connectivity index (χ1) is 11.5. The van der Waals surface area contributed by atoms with Gasteiger partial charge in [0.05, 0.1) is 11.4 Å². The van der Waals surface area contributed by atoms with Gasteiger partial charge in [0.2, 0.25) is 5.91 Å². The van der Waals surface area contributed by atoms with Crippen molar-refractivity contribution in [2.45, 2.75) is 58.0 Å². The van der Waals surface area contributed by atoms with E-state index in [9.17, 15) is 19.5 Å². The molecule has 0 saturated heterocycles. The van der Waals surface area contributed by atoms with Gasteiger partial charge in [-0.2, -0.15) is 0 Å². The number of aliphatic carboxylic acids is 1. The van der Waals surface area contributed by atoms with E-state index in [1.54, 1.807) is 12.1 Å². The van der Waals surface area contributed by atoms with Crippen LogP contribution in [0.2, 0.25) is 0 Å². The summed E-state index contributed by atoms with van der Waals surface area (Å²) in [5, 5.41) is 14.7. The lowest BCUT2D eigenvalue weighted by Gasteiger charge is -2.24. The normalized spacial score (nSPS) is 16.4. The molecule has 2 amide bonds. The van der Waals surface area contributed by atoms with E-state index in [2.05, 4.69) is 10.6 Å². The fourth-order valence-electron chi connectivity index (χ4n) is 3.01. The second kappa shape index (κ2) is 8.82. The Bertz CT molecular complexity index is 593. The van der Waals surface area contributed by atoms with Crippen molar-refractivity contribution < 1.29 is 19.5 Å². The average Bonchev–Trinajstić information content (AvgIpc) is 3.02. The summed E-state index contributed by atoms with van der Waals surface area (Å²) in [6, 6.07) is 2.59. The lowest BCUT2D eigenvalue weighted by atomic mass is 9.85. The number of hydrogen-bond donors (Lipinski definition) is 3. The summed E-state index contributed by atoms with van der Waals surface area (Å²) in [7, 11) is 0. The van der Waals surface area contributed by atoms with Gasteiger partial charge in [-0.15, -0.1) is 11.3 Å². The Morgan fingerprint density at radius 3 is 2.58 bits per heavy atom. The molecule has 1 aromatic rings. The Labute approximate surface area is 145 Å². The maximum Gasteiger partial charge on any atom is 0.326 e. The summed E-state index contributed by atoms with van der Waals surface area (Å²) in [6.45, 7) is 1.81. The van der Waals surface area contributed by atoms with Gasteiger partial charge in [0.25, 0.3) is 5.91 Å². The number of carboxylic acids is 1. The van der Waals surface area contributed by atoms with Gasteiger partial charge >= 0.3 is 5.97 Å². The molecule has 0 aromatic carbocycles. The molecule has 1 heterocycles. The first-order valence-electron chi connectivity index (χ1n) is 8.32. The fraction of sp³-hybridized carbons (Fsp3) is 0.588. The summed E-state index contributed by atoms with van der Waals surface area (Å²) < 4.78 is 0. The van der Waals surface area contributed by atoms with E-state index < -0.39 is 12.0 Å². The quantitative estimate of drug-likeness (QED) is 0.703. The first-order valence-corrected chi connectivity index (χ1v) is 9.14. The maximum absolute atomic E-state index is 12.3. The minimum Gasteiger partial charge on any atom is -0.480 e. The zero-order valence-corrected chi connectivity index (χ0v) is 14.7. The zero-order valence-electron chi connectivity index (χ0n) is 13.8. The van der Waals surface area contributed by atoms with Crippen molar-refractivity contribution in [3.8, 4) is 0 Å². The summed E-state index contributed by atoms with van der Waals surface area (Å²) in [5.41, 5.74) is 0. The Hall–Kier alpha value is -1.89. The number of carbonyl (C=O) groups is 3. The van der Waals surface area contributed by atoms with Gasteiger partial charge in [-0.25, -0.2) is 4.79 Å². The van der Waals surface area contributed by atoms with Gasteiger partial charge in [-0.05, 0) is 24.5 Å². The van der Waals surface area contributed by atoms with Crippen molar-refractivity contribution in [2.24, 2.45) is 5.92 Å². The number of rotatable bonds is 7. The SMILES string of the molecule is CC(=O)NCc1ccc(C(=O)NC(CC2CCCCC2)C(=O)O)s1. The second-order valence-corrected chi connectivity index (χ2v) is 7.45. The van der Waals surface area contributed by atoms with Gasteiger partial charge in [0, 0.05) is 11.8 Å². The topological polar surface area (TPSA) is 95.5 Å². The van der Waals surface area contributed by atoms with E-state index in [-0.39, 0.29) is 11.8 Å². The van der Waals surface area contributed by atoms with Crippen molar-refractivity contribution in [1.82, 2.24) is 10.6 Å². The van der Waals surface area contributed by atoms with Gasteiger partial charge in [-0.3, -0.25) is 9.59 Å². The third-order valence-electron chi connectivity index (χ3n) is 4.29. The second-order valence-electron chi connectivity index (χ2n) is 6.28. The molecule has 6 nitrogen and oxygen atoms in total. The molecule has 1 unspecified atom stereocenters. The van der Waals surface area contributed by atoms with E-state index in [1.807, 2.05) is 0 Å². The van der Waals surface area contributed by atoms with Crippen LogP contribution in [0.15, 0.2) is 12.1 Å². The van der Waals surface area contributed by atoms with Crippen molar-refractivity contribution in [1.29, 1.82) is 0 Å². The average molecular weight is 352 g/mol. The van der Waals surface area contributed by atoms with Crippen molar-refractivity contribution in [3.63, 3.8) is 0 Å². The molecule has 132 valence electrons. The zero-order chi connectivity index (χ0) is 17.5. The smallest absolute Gasteiger partial charge is 0.326 e. The van der Waals surface area contributed by atoms with Crippen LogP contribution in [0.5, 0.6) is 0 Å². The van der Waals surface area contributed by atoms with Gasteiger partial charge in [-0.1, -0.05) is 32.1 Å². The minimum atomic E-state index is -0.982. The molecule has 24 heavy (non-hydrogen) atoms. The van der Waals surface area contributed by atoms with Gasteiger partial charge in [0.15, 0.2) is 0 Å². The molecule has 1 aliphatic rings. The van der Waals surface area contributed by atoms with E-state index in [0.29, 0.717) is 23.8 Å². The molecule has 1 aliphatic carbocycles. The Balaban J connectivity index is 1.92. The highest BCUT2D eigenvalue weighted by Crippen LogP contribution is 2.27. The molecule has 1 fully saturated rings. The van der Waals surface area contributed by atoms with Crippen LogP contribution >= 0.6 is 11.3 Å². The molecule has 0 spiro atoms. The summed E-state index contributed by atoms with van der Waals surface area (Å²) in [4.78, 5) is 36.0.